The van der Waals surface area contributed by atoms with Gasteiger partial charge in [-0.15, -0.1) is 0 Å². The molecule has 0 aliphatic carbocycles. The fraction of sp³-hybridized carbons (Fsp3) is 0.667. The highest BCUT2D eigenvalue weighted by Crippen LogP contribution is 2.39. The van der Waals surface area contributed by atoms with Gasteiger partial charge in [-0.1, -0.05) is 6.92 Å². The molecule has 0 saturated carbocycles. The molecule has 0 aromatic carbocycles. The van der Waals surface area contributed by atoms with E-state index in [-0.39, 0.29) is 6.41 Å². The number of nitrogens with zero attached hydrogens (tertiary/aromatic N) is 2. The summed E-state index contributed by atoms with van der Waals surface area (Å²) in [6, 6.07) is 0. The summed E-state index contributed by atoms with van der Waals surface area (Å²) in [5.41, 5.74) is 4.08. The zero-order valence-electron chi connectivity index (χ0n) is 11.8. The summed E-state index contributed by atoms with van der Waals surface area (Å²) >= 11 is 0. The summed E-state index contributed by atoms with van der Waals surface area (Å²) in [4.78, 5) is 15.3. The number of ether oxygens (including phenoxy) is 1. The number of amides is 1. The second kappa shape index (κ2) is 6.94. The van der Waals surface area contributed by atoms with Crippen molar-refractivity contribution in [2.24, 2.45) is 16.1 Å². The number of nitrogens with two attached hydrogens (primary N) is 1. The molecule has 4 unspecified atom stereocenters. The highest BCUT2D eigenvalue weighted by atomic mass is 19.1. The van der Waals surface area contributed by atoms with Crippen LogP contribution < -0.4 is 5.73 Å². The molecule has 1 rings (SSSR count). The standard InChI is InChI=1S/C12H20FN3O5/c1-12(5-18)8(4-17)21-11(9(12)20)16(6-19)3-7(13)10(14)15-2/h3,6,8-9,11,17-18,20H,4-5H2,1-2H3,(H2,14,15)/b7-3+. The molecule has 1 aliphatic rings. The average molecular weight is 305 g/mol. The Bertz CT molecular complexity index is 445. The third-order valence-electron chi connectivity index (χ3n) is 3.66. The van der Waals surface area contributed by atoms with Crippen molar-refractivity contribution in [2.45, 2.75) is 25.4 Å². The number of aliphatic imine (C=N–C) groups is 1. The van der Waals surface area contributed by atoms with E-state index in [0.717, 1.165) is 11.1 Å². The lowest BCUT2D eigenvalue weighted by molar-refractivity contribution is -0.133. The van der Waals surface area contributed by atoms with Gasteiger partial charge in [-0.05, 0) is 0 Å². The molecule has 5 N–H and O–H groups in total. The fourth-order valence-electron chi connectivity index (χ4n) is 2.06. The molecule has 1 fully saturated rings. The van der Waals surface area contributed by atoms with Crippen LogP contribution >= 0.6 is 0 Å². The van der Waals surface area contributed by atoms with Crippen LogP contribution in [-0.2, 0) is 9.53 Å². The Morgan fingerprint density at radius 2 is 2.19 bits per heavy atom. The van der Waals surface area contributed by atoms with E-state index >= 15 is 0 Å². The normalized spacial score (nSPS) is 34.1. The number of amidine groups is 1. The molecule has 1 amide bonds. The van der Waals surface area contributed by atoms with E-state index in [9.17, 15) is 24.5 Å². The molecule has 0 bridgehead atoms. The molecular weight excluding hydrogens is 285 g/mol. The van der Waals surface area contributed by atoms with E-state index in [4.69, 9.17) is 10.5 Å². The van der Waals surface area contributed by atoms with Gasteiger partial charge in [-0.3, -0.25) is 14.7 Å². The van der Waals surface area contributed by atoms with Gasteiger partial charge in [0.05, 0.1) is 19.3 Å². The second-order valence-corrected chi connectivity index (χ2v) is 4.95. The Morgan fingerprint density at radius 3 is 2.57 bits per heavy atom. The quantitative estimate of drug-likeness (QED) is 0.263. The average Bonchev–Trinajstić information content (AvgIpc) is 2.76. The summed E-state index contributed by atoms with van der Waals surface area (Å²) in [5, 5.41) is 28.8. The van der Waals surface area contributed by atoms with E-state index in [0.29, 0.717) is 0 Å². The number of aliphatic hydroxyl groups excluding tert-OH is 3. The predicted octanol–water partition coefficient (Wildman–Crippen LogP) is -1.68. The monoisotopic (exact) mass is 305 g/mol. The number of carbonyl (C=O) groups excluding carboxylic acids is 1. The topological polar surface area (TPSA) is 129 Å². The van der Waals surface area contributed by atoms with E-state index < -0.39 is 48.7 Å². The molecule has 21 heavy (non-hydrogen) atoms. The van der Waals surface area contributed by atoms with E-state index in [1.165, 1.54) is 14.0 Å². The zero-order chi connectivity index (χ0) is 16.2. The summed E-state index contributed by atoms with van der Waals surface area (Å²) in [7, 11) is 1.28. The third-order valence-corrected chi connectivity index (χ3v) is 3.66. The first-order valence-electron chi connectivity index (χ1n) is 6.23. The van der Waals surface area contributed by atoms with Crippen LogP contribution in [0.4, 0.5) is 4.39 Å². The first-order valence-corrected chi connectivity index (χ1v) is 6.23. The van der Waals surface area contributed by atoms with Gasteiger partial charge in [-0.2, -0.15) is 0 Å². The molecule has 0 aromatic rings. The third kappa shape index (κ3) is 3.21. The molecule has 1 saturated heterocycles. The summed E-state index contributed by atoms with van der Waals surface area (Å²) < 4.78 is 19.0. The van der Waals surface area contributed by atoms with Crippen molar-refractivity contribution >= 4 is 12.2 Å². The van der Waals surface area contributed by atoms with Gasteiger partial charge >= 0.3 is 0 Å². The Labute approximate surface area is 121 Å². The van der Waals surface area contributed by atoms with E-state index in [2.05, 4.69) is 4.99 Å². The molecule has 4 atom stereocenters. The van der Waals surface area contributed by atoms with Gasteiger partial charge in [0.2, 0.25) is 6.41 Å². The number of hydrogen-bond donors (Lipinski definition) is 4. The molecular formula is C12H20FN3O5. The molecule has 1 heterocycles. The fourth-order valence-corrected chi connectivity index (χ4v) is 2.06. The smallest absolute Gasteiger partial charge is 0.215 e. The van der Waals surface area contributed by atoms with Crippen molar-refractivity contribution < 1.29 is 29.2 Å². The molecule has 120 valence electrons. The van der Waals surface area contributed by atoms with Crippen molar-refractivity contribution in [2.75, 3.05) is 20.3 Å². The minimum atomic E-state index is -1.33. The van der Waals surface area contributed by atoms with Crippen LogP contribution in [0.25, 0.3) is 0 Å². The van der Waals surface area contributed by atoms with Gasteiger partial charge in [0.25, 0.3) is 0 Å². The van der Waals surface area contributed by atoms with Gasteiger partial charge in [-0.25, -0.2) is 4.39 Å². The summed E-state index contributed by atoms with van der Waals surface area (Å²) in [5.74, 6) is -1.39. The van der Waals surface area contributed by atoms with Crippen LogP contribution in [0.5, 0.6) is 0 Å². The highest BCUT2D eigenvalue weighted by molar-refractivity contribution is 5.94. The summed E-state index contributed by atoms with van der Waals surface area (Å²) in [6.07, 6.45) is -2.51. The maximum atomic E-state index is 13.6. The SMILES string of the molecule is C/N=C(N)\C(F)=C/N(C=O)C1OC(CO)C(C)(CO)C1O. The highest BCUT2D eigenvalue weighted by Gasteiger charge is 2.54. The van der Waals surface area contributed by atoms with Crippen LogP contribution in [0.1, 0.15) is 6.92 Å². The minimum absolute atomic E-state index is 0.244. The van der Waals surface area contributed by atoms with Gasteiger partial charge in [0.15, 0.2) is 17.9 Å². The summed E-state index contributed by atoms with van der Waals surface area (Å²) in [6.45, 7) is 0.541. The predicted molar refractivity (Wildman–Crippen MR) is 71.6 cm³/mol. The Balaban J connectivity index is 3.06. The maximum Gasteiger partial charge on any atom is 0.215 e. The first-order chi connectivity index (χ1) is 9.85. The second-order valence-electron chi connectivity index (χ2n) is 4.95. The Morgan fingerprint density at radius 1 is 1.57 bits per heavy atom. The van der Waals surface area contributed by atoms with Crippen molar-refractivity contribution in [1.82, 2.24) is 4.90 Å². The minimum Gasteiger partial charge on any atom is -0.396 e. The number of rotatable bonds is 6. The lowest BCUT2D eigenvalue weighted by atomic mass is 9.81. The van der Waals surface area contributed by atoms with Gasteiger partial charge < -0.3 is 25.8 Å². The number of halogens is 1. The molecule has 1 aliphatic heterocycles. The van der Waals surface area contributed by atoms with Crippen molar-refractivity contribution in [3.8, 4) is 0 Å². The molecule has 0 spiro atoms. The molecule has 9 heteroatoms. The Kier molecular flexibility index (Phi) is 5.78. The maximum absolute atomic E-state index is 13.6. The van der Waals surface area contributed by atoms with Crippen LogP contribution in [0.3, 0.4) is 0 Å². The number of hydrogen-bond acceptors (Lipinski definition) is 6. The molecule has 0 aromatic heterocycles. The Hall–Kier alpha value is -1.55. The number of carbonyl (C=O) groups is 1. The first kappa shape index (κ1) is 17.5. The number of aliphatic hydroxyl groups is 3. The van der Waals surface area contributed by atoms with Crippen LogP contribution in [0.15, 0.2) is 17.0 Å². The van der Waals surface area contributed by atoms with Crippen molar-refractivity contribution in [3.63, 3.8) is 0 Å². The molecule has 0 radical (unpaired) electrons. The van der Waals surface area contributed by atoms with Crippen molar-refractivity contribution in [3.05, 3.63) is 12.0 Å². The van der Waals surface area contributed by atoms with Crippen molar-refractivity contribution in [1.29, 1.82) is 0 Å². The largest absolute Gasteiger partial charge is 0.396 e. The van der Waals surface area contributed by atoms with Gasteiger partial charge in [0, 0.05) is 18.7 Å². The van der Waals surface area contributed by atoms with Crippen LogP contribution in [-0.4, -0.2) is 71.2 Å². The van der Waals surface area contributed by atoms with Gasteiger partial charge in [0.1, 0.15) is 6.10 Å². The zero-order valence-corrected chi connectivity index (χ0v) is 11.8. The van der Waals surface area contributed by atoms with E-state index in [1.807, 2.05) is 0 Å². The van der Waals surface area contributed by atoms with Crippen LogP contribution in [0, 0.1) is 5.41 Å². The lowest BCUT2D eigenvalue weighted by Gasteiger charge is -2.30. The van der Waals surface area contributed by atoms with E-state index in [1.54, 1.807) is 0 Å². The lowest BCUT2D eigenvalue weighted by Crippen LogP contribution is -2.46. The molecule has 8 nitrogen and oxygen atoms in total. The van der Waals surface area contributed by atoms with Crippen LogP contribution in [0.2, 0.25) is 0 Å².